The third kappa shape index (κ3) is 5.83. The molecule has 1 aliphatic rings. The standard InChI is InChI=1S/C22H20O2S4/c1-3-15(23)9-11-25-17-5-7-19-21(13-17)27-20-8-6-18(14-22(20)28-19)26-12-10-16(24)4-2/h3-8,13-14H,1-2,9-12H2. The van der Waals surface area contributed by atoms with E-state index in [4.69, 9.17) is 0 Å². The van der Waals surface area contributed by atoms with Crippen LogP contribution in [0.4, 0.5) is 0 Å². The van der Waals surface area contributed by atoms with Gasteiger partial charge < -0.3 is 0 Å². The van der Waals surface area contributed by atoms with E-state index < -0.39 is 0 Å². The zero-order valence-electron chi connectivity index (χ0n) is 15.3. The second-order valence-electron chi connectivity index (χ2n) is 5.96. The Bertz CT molecular complexity index is 845. The molecule has 144 valence electrons. The number of fused-ring (bicyclic) bond motifs is 2. The van der Waals surface area contributed by atoms with Crippen LogP contribution in [0.25, 0.3) is 0 Å². The highest BCUT2D eigenvalue weighted by molar-refractivity contribution is 8.05. The Morgan fingerprint density at radius 1 is 0.750 bits per heavy atom. The van der Waals surface area contributed by atoms with Crippen LogP contribution in [0, 0.1) is 0 Å². The second-order valence-corrected chi connectivity index (χ2v) is 10.5. The van der Waals surface area contributed by atoms with Gasteiger partial charge in [0.25, 0.3) is 0 Å². The maximum Gasteiger partial charge on any atom is 0.155 e. The van der Waals surface area contributed by atoms with Gasteiger partial charge in [-0.3, -0.25) is 9.59 Å². The Morgan fingerprint density at radius 2 is 1.18 bits per heavy atom. The topological polar surface area (TPSA) is 34.1 Å². The number of carbonyl (C=O) groups is 2. The predicted molar refractivity (Wildman–Crippen MR) is 122 cm³/mol. The number of thioether (sulfide) groups is 2. The molecule has 28 heavy (non-hydrogen) atoms. The molecule has 0 unspecified atom stereocenters. The molecule has 1 aliphatic heterocycles. The highest BCUT2D eigenvalue weighted by Gasteiger charge is 2.18. The van der Waals surface area contributed by atoms with Crippen LogP contribution >= 0.6 is 47.0 Å². The zero-order chi connectivity index (χ0) is 19.9. The Hall–Kier alpha value is -1.34. The number of benzene rings is 2. The number of carbonyl (C=O) groups excluding carboxylic acids is 2. The van der Waals surface area contributed by atoms with Crippen LogP contribution in [0.3, 0.4) is 0 Å². The minimum Gasteiger partial charge on any atom is -0.295 e. The quantitative estimate of drug-likeness (QED) is 0.253. The van der Waals surface area contributed by atoms with Crippen molar-refractivity contribution in [1.82, 2.24) is 0 Å². The summed E-state index contributed by atoms with van der Waals surface area (Å²) in [5, 5.41) is 0. The lowest BCUT2D eigenvalue weighted by molar-refractivity contribution is -0.115. The summed E-state index contributed by atoms with van der Waals surface area (Å²) < 4.78 is 0. The molecule has 0 atom stereocenters. The van der Waals surface area contributed by atoms with Gasteiger partial charge in [0, 0.05) is 53.7 Å². The molecule has 0 aliphatic carbocycles. The normalized spacial score (nSPS) is 12.0. The van der Waals surface area contributed by atoms with Crippen LogP contribution in [0.1, 0.15) is 12.8 Å². The van der Waals surface area contributed by atoms with E-state index in [0.717, 1.165) is 11.5 Å². The van der Waals surface area contributed by atoms with E-state index >= 15 is 0 Å². The van der Waals surface area contributed by atoms with E-state index in [1.807, 2.05) is 0 Å². The van der Waals surface area contributed by atoms with Gasteiger partial charge in [-0.15, -0.1) is 23.5 Å². The number of rotatable bonds is 10. The van der Waals surface area contributed by atoms with Gasteiger partial charge in [0.1, 0.15) is 0 Å². The van der Waals surface area contributed by atoms with Crippen molar-refractivity contribution in [3.05, 3.63) is 61.7 Å². The SMILES string of the molecule is C=CC(=O)CCSc1ccc2c(c1)Sc1ccc(SCCC(=O)C=C)cc1S2. The van der Waals surface area contributed by atoms with Gasteiger partial charge in [0.05, 0.1) is 0 Å². The average molecular weight is 445 g/mol. The highest BCUT2D eigenvalue weighted by atomic mass is 32.2. The fraction of sp³-hybridized carbons (Fsp3) is 0.182. The molecule has 0 aromatic heterocycles. The fourth-order valence-electron chi connectivity index (χ4n) is 2.46. The van der Waals surface area contributed by atoms with Gasteiger partial charge >= 0.3 is 0 Å². The molecular weight excluding hydrogens is 425 g/mol. The molecule has 2 aromatic rings. The molecule has 0 saturated carbocycles. The van der Waals surface area contributed by atoms with Gasteiger partial charge in [0.15, 0.2) is 11.6 Å². The minimum absolute atomic E-state index is 0.0897. The van der Waals surface area contributed by atoms with Crippen LogP contribution in [-0.4, -0.2) is 23.1 Å². The van der Waals surface area contributed by atoms with E-state index in [0.29, 0.717) is 12.8 Å². The molecule has 0 amide bonds. The summed E-state index contributed by atoms with van der Waals surface area (Å²) in [6.45, 7) is 7.03. The first-order valence-electron chi connectivity index (χ1n) is 8.79. The lowest BCUT2D eigenvalue weighted by Crippen LogP contribution is -1.95. The van der Waals surface area contributed by atoms with Gasteiger partial charge in [-0.1, -0.05) is 36.7 Å². The van der Waals surface area contributed by atoms with E-state index in [2.05, 4.69) is 49.6 Å². The van der Waals surface area contributed by atoms with Crippen molar-refractivity contribution in [2.45, 2.75) is 42.2 Å². The lowest BCUT2D eigenvalue weighted by atomic mass is 10.3. The van der Waals surface area contributed by atoms with Crippen molar-refractivity contribution < 1.29 is 9.59 Å². The van der Waals surface area contributed by atoms with Gasteiger partial charge in [0.2, 0.25) is 0 Å². The largest absolute Gasteiger partial charge is 0.295 e. The molecule has 0 saturated heterocycles. The average Bonchev–Trinajstić information content (AvgIpc) is 2.71. The van der Waals surface area contributed by atoms with Gasteiger partial charge in [-0.2, -0.15) is 0 Å². The van der Waals surface area contributed by atoms with Crippen LogP contribution in [0.5, 0.6) is 0 Å². The van der Waals surface area contributed by atoms with Gasteiger partial charge in [-0.05, 0) is 48.6 Å². The molecule has 0 radical (unpaired) electrons. The molecule has 2 nitrogen and oxygen atoms in total. The maximum atomic E-state index is 11.4. The van der Waals surface area contributed by atoms with Crippen molar-refractivity contribution in [2.24, 2.45) is 0 Å². The summed E-state index contributed by atoms with van der Waals surface area (Å²) in [6.07, 6.45) is 3.82. The van der Waals surface area contributed by atoms with Crippen LogP contribution in [-0.2, 0) is 9.59 Å². The van der Waals surface area contributed by atoms with Crippen molar-refractivity contribution in [3.63, 3.8) is 0 Å². The first-order chi connectivity index (χ1) is 13.6. The predicted octanol–water partition coefficient (Wildman–Crippen LogP) is 6.78. The smallest absolute Gasteiger partial charge is 0.155 e. The summed E-state index contributed by atoms with van der Waals surface area (Å²) >= 11 is 6.99. The van der Waals surface area contributed by atoms with E-state index in [9.17, 15) is 9.59 Å². The van der Waals surface area contributed by atoms with Crippen molar-refractivity contribution >= 4 is 58.6 Å². The van der Waals surface area contributed by atoms with E-state index in [-0.39, 0.29) is 11.6 Å². The number of allylic oxidation sites excluding steroid dienone is 2. The van der Waals surface area contributed by atoms with Crippen LogP contribution < -0.4 is 0 Å². The van der Waals surface area contributed by atoms with E-state index in [1.54, 1.807) is 47.0 Å². The Morgan fingerprint density at radius 3 is 1.57 bits per heavy atom. The molecule has 0 N–H and O–H groups in total. The zero-order valence-corrected chi connectivity index (χ0v) is 18.6. The van der Waals surface area contributed by atoms with Crippen molar-refractivity contribution in [2.75, 3.05) is 11.5 Å². The molecule has 0 spiro atoms. The molecule has 2 aromatic carbocycles. The summed E-state index contributed by atoms with van der Waals surface area (Å²) in [5.41, 5.74) is 0. The number of ketones is 2. The molecule has 1 heterocycles. The maximum absolute atomic E-state index is 11.4. The van der Waals surface area contributed by atoms with Gasteiger partial charge in [-0.25, -0.2) is 0 Å². The molecule has 0 fully saturated rings. The number of hydrogen-bond acceptors (Lipinski definition) is 6. The monoisotopic (exact) mass is 444 g/mol. The number of hydrogen-bond donors (Lipinski definition) is 0. The molecule has 6 heteroatoms. The first kappa shape index (κ1) is 21.4. The highest BCUT2D eigenvalue weighted by Crippen LogP contribution is 2.50. The summed E-state index contributed by atoms with van der Waals surface area (Å²) in [7, 11) is 0. The van der Waals surface area contributed by atoms with Crippen LogP contribution in [0.15, 0.2) is 91.1 Å². The third-order valence-electron chi connectivity index (χ3n) is 3.96. The second kappa shape index (κ2) is 10.4. The molecule has 0 bridgehead atoms. The summed E-state index contributed by atoms with van der Waals surface area (Å²) in [6, 6.07) is 13.0. The van der Waals surface area contributed by atoms with Crippen molar-refractivity contribution in [1.29, 1.82) is 0 Å². The summed E-state index contributed by atoms with van der Waals surface area (Å²) in [5.74, 6) is 1.72. The Labute approximate surface area is 183 Å². The van der Waals surface area contributed by atoms with Crippen LogP contribution in [0.2, 0.25) is 0 Å². The minimum atomic E-state index is 0.0897. The Kier molecular flexibility index (Phi) is 7.97. The fourth-order valence-corrected chi connectivity index (χ4v) is 6.70. The summed E-state index contributed by atoms with van der Waals surface area (Å²) in [4.78, 5) is 30.1. The molecule has 3 rings (SSSR count). The first-order valence-corrected chi connectivity index (χ1v) is 12.4. The molecular formula is C22H20O2S4. The Balaban J connectivity index is 1.62. The lowest BCUT2D eigenvalue weighted by Gasteiger charge is -2.19. The van der Waals surface area contributed by atoms with E-state index in [1.165, 1.54) is 41.5 Å². The third-order valence-corrected chi connectivity index (χ3v) is 8.48. The van der Waals surface area contributed by atoms with Crippen molar-refractivity contribution in [3.8, 4) is 0 Å².